The maximum atomic E-state index is 12.8. The predicted molar refractivity (Wildman–Crippen MR) is 116 cm³/mol. The quantitative estimate of drug-likeness (QED) is 0.179. The van der Waals surface area contributed by atoms with Crippen molar-refractivity contribution in [2.24, 2.45) is 5.16 Å². The third kappa shape index (κ3) is 4.68. The van der Waals surface area contributed by atoms with Crippen LogP contribution in [0.25, 0.3) is 0 Å². The Bertz CT molecular complexity index is 1100. The summed E-state index contributed by atoms with van der Waals surface area (Å²) in [4.78, 5) is 70.6. The Labute approximate surface area is 195 Å². The van der Waals surface area contributed by atoms with Crippen molar-refractivity contribution in [1.29, 1.82) is 0 Å². The number of aliphatic carboxylic acids is 1. The van der Waals surface area contributed by atoms with E-state index in [0.717, 1.165) is 41.8 Å². The lowest BCUT2D eigenvalue weighted by molar-refractivity contribution is -0.152. The molecule has 2 unspecified atom stereocenters. The Morgan fingerprint density at radius 2 is 2.06 bits per heavy atom. The van der Waals surface area contributed by atoms with E-state index in [1.165, 1.54) is 12.5 Å². The molecule has 15 heteroatoms. The third-order valence-corrected chi connectivity index (χ3v) is 6.59. The molecular weight excluding hydrogens is 478 g/mol. The van der Waals surface area contributed by atoms with Crippen LogP contribution in [0, 0.1) is 0 Å². The Hall–Kier alpha value is -3.46. The minimum absolute atomic E-state index is 0.0100. The van der Waals surface area contributed by atoms with Gasteiger partial charge in [0.15, 0.2) is 22.7 Å². The normalized spacial score (nSPS) is 21.0. The number of nitrogens with zero attached hydrogens (tertiary/aromatic N) is 3. The highest BCUT2D eigenvalue weighted by Gasteiger charge is 2.55. The topological polar surface area (TPSA) is 191 Å². The first-order chi connectivity index (χ1) is 15.6. The van der Waals surface area contributed by atoms with Crippen molar-refractivity contribution in [2.75, 3.05) is 18.6 Å². The number of hydrogen-bond acceptors (Lipinski definition) is 12. The summed E-state index contributed by atoms with van der Waals surface area (Å²) in [6, 6.07) is -1.07. The summed E-state index contributed by atoms with van der Waals surface area (Å²) in [5, 5.41) is 16.8. The number of thiazole rings is 1. The third-order valence-electron chi connectivity index (χ3n) is 4.62. The number of anilines is 1. The lowest BCUT2D eigenvalue weighted by Gasteiger charge is -2.49. The standard InChI is InChI=1S/C18H19N5O8S2/c1-6(24)13(31-7(2)25)8-4-32-16-11(15(27)23(16)12(8)17(28)29)21-14(26)10(22-30-3)9-5-33-18(19)20-9/h5,11,13,16H,4H2,1-3H3,(H2,19,20)(H,21,26)(H,28,29)/t11?,13?,16-/m0/s1. The molecule has 176 valence electrons. The van der Waals surface area contributed by atoms with E-state index in [4.69, 9.17) is 15.3 Å². The summed E-state index contributed by atoms with van der Waals surface area (Å²) in [7, 11) is 1.23. The Kier molecular flexibility index (Phi) is 7.02. The van der Waals surface area contributed by atoms with Gasteiger partial charge < -0.3 is 25.7 Å². The summed E-state index contributed by atoms with van der Waals surface area (Å²) >= 11 is 2.20. The number of thioether (sulfide) groups is 1. The summed E-state index contributed by atoms with van der Waals surface area (Å²) in [6.07, 6.45) is -1.43. The molecule has 3 rings (SSSR count). The van der Waals surface area contributed by atoms with Crippen LogP contribution in [-0.4, -0.2) is 80.6 Å². The van der Waals surface area contributed by atoms with Gasteiger partial charge in [0.1, 0.15) is 29.9 Å². The molecule has 0 aromatic carbocycles. The van der Waals surface area contributed by atoms with E-state index in [2.05, 4.69) is 15.5 Å². The molecule has 1 aromatic rings. The van der Waals surface area contributed by atoms with E-state index in [1.54, 1.807) is 0 Å². The molecule has 2 aliphatic heterocycles. The van der Waals surface area contributed by atoms with Crippen LogP contribution in [0.5, 0.6) is 0 Å². The number of nitrogen functional groups attached to an aromatic ring is 1. The fourth-order valence-electron chi connectivity index (χ4n) is 3.31. The highest BCUT2D eigenvalue weighted by molar-refractivity contribution is 8.00. The molecule has 2 aliphatic rings. The molecule has 0 radical (unpaired) electrons. The molecule has 33 heavy (non-hydrogen) atoms. The van der Waals surface area contributed by atoms with Crippen LogP contribution >= 0.6 is 23.1 Å². The average Bonchev–Trinajstić information content (AvgIpc) is 3.18. The number of carboxylic acid groups (broad SMARTS) is 1. The molecule has 13 nitrogen and oxygen atoms in total. The molecule has 3 heterocycles. The number of Topliss-reactive ketones (excluding diaryl/α,β-unsaturated/α-hetero) is 1. The second-order valence-electron chi connectivity index (χ2n) is 6.83. The molecule has 4 N–H and O–H groups in total. The Morgan fingerprint density at radius 1 is 1.36 bits per heavy atom. The monoisotopic (exact) mass is 497 g/mol. The van der Waals surface area contributed by atoms with Gasteiger partial charge in [0, 0.05) is 23.6 Å². The van der Waals surface area contributed by atoms with Crippen molar-refractivity contribution in [2.45, 2.75) is 31.4 Å². The largest absolute Gasteiger partial charge is 0.477 e. The molecule has 2 amide bonds. The van der Waals surface area contributed by atoms with Crippen molar-refractivity contribution in [3.63, 3.8) is 0 Å². The molecule has 0 bridgehead atoms. The lowest BCUT2D eigenvalue weighted by atomic mass is 9.98. The van der Waals surface area contributed by atoms with Gasteiger partial charge in [0.05, 0.1) is 0 Å². The van der Waals surface area contributed by atoms with Crippen molar-refractivity contribution in [1.82, 2.24) is 15.2 Å². The van der Waals surface area contributed by atoms with Gasteiger partial charge in [-0.15, -0.1) is 23.1 Å². The summed E-state index contributed by atoms with van der Waals surface area (Å²) in [5.41, 5.74) is 5.07. The number of rotatable bonds is 8. The molecule has 1 aromatic heterocycles. The van der Waals surface area contributed by atoms with Gasteiger partial charge in [-0.1, -0.05) is 5.16 Å². The molecule has 0 spiro atoms. The van der Waals surface area contributed by atoms with Gasteiger partial charge in [-0.25, -0.2) is 9.78 Å². The van der Waals surface area contributed by atoms with Crippen LogP contribution in [0.1, 0.15) is 19.5 Å². The first-order valence-corrected chi connectivity index (χ1v) is 11.2. The minimum Gasteiger partial charge on any atom is -0.477 e. The first-order valence-electron chi connectivity index (χ1n) is 9.28. The number of nitrogens with two attached hydrogens (primary N) is 1. The summed E-state index contributed by atoms with van der Waals surface area (Å²) in [6.45, 7) is 2.24. The SMILES string of the molecule is CON=C(C(=O)NC1C(=O)N2C(C(=O)O)=C(C(OC(C)=O)C(C)=O)CS[C@@H]12)c1csc(N)n1. The fourth-order valence-corrected chi connectivity index (χ4v) is 5.23. The average molecular weight is 498 g/mol. The maximum Gasteiger partial charge on any atom is 0.352 e. The number of carbonyl (C=O) groups is 5. The number of oxime groups is 1. The van der Waals surface area contributed by atoms with Gasteiger partial charge in [-0.2, -0.15) is 0 Å². The van der Waals surface area contributed by atoms with Gasteiger partial charge >= 0.3 is 11.9 Å². The van der Waals surface area contributed by atoms with Crippen LogP contribution < -0.4 is 11.1 Å². The fraction of sp³-hybridized carbons (Fsp3) is 0.389. The predicted octanol–water partition coefficient (Wildman–Crippen LogP) is -0.665. The van der Waals surface area contributed by atoms with Gasteiger partial charge in [-0.05, 0) is 6.92 Å². The van der Waals surface area contributed by atoms with E-state index < -0.39 is 52.8 Å². The number of hydrogen-bond donors (Lipinski definition) is 3. The second-order valence-corrected chi connectivity index (χ2v) is 8.83. The molecule has 1 fully saturated rings. The van der Waals surface area contributed by atoms with E-state index in [-0.39, 0.29) is 27.9 Å². The zero-order valence-electron chi connectivity index (χ0n) is 17.6. The molecule has 1 saturated heterocycles. The van der Waals surface area contributed by atoms with Crippen molar-refractivity contribution in [3.05, 3.63) is 22.3 Å². The van der Waals surface area contributed by atoms with Gasteiger partial charge in [-0.3, -0.25) is 24.1 Å². The number of ether oxygens (including phenoxy) is 1. The maximum absolute atomic E-state index is 12.8. The van der Waals surface area contributed by atoms with Crippen molar-refractivity contribution < 1.29 is 38.7 Å². The number of carboxylic acids is 1. The number of fused-ring (bicyclic) bond motifs is 1. The number of ketones is 1. The second kappa shape index (κ2) is 9.58. The van der Waals surface area contributed by atoms with Gasteiger partial charge in [0.25, 0.3) is 11.8 Å². The first kappa shape index (κ1) is 24.2. The zero-order valence-corrected chi connectivity index (χ0v) is 19.2. The van der Waals surface area contributed by atoms with E-state index in [1.807, 2.05) is 0 Å². The zero-order chi connectivity index (χ0) is 24.4. The number of nitrogens with one attached hydrogen (secondary N) is 1. The highest BCUT2D eigenvalue weighted by atomic mass is 32.2. The molecule has 3 atom stereocenters. The van der Waals surface area contributed by atoms with Gasteiger partial charge in [0.2, 0.25) is 0 Å². The number of carbonyl (C=O) groups excluding carboxylic acids is 4. The lowest BCUT2D eigenvalue weighted by Crippen LogP contribution is -2.71. The Balaban J connectivity index is 1.86. The molecule has 0 aliphatic carbocycles. The number of esters is 1. The van der Waals surface area contributed by atoms with Crippen LogP contribution in [0.15, 0.2) is 21.8 Å². The van der Waals surface area contributed by atoms with E-state index in [0.29, 0.717) is 0 Å². The number of β-lactam (4-membered cyclic amide) rings is 1. The summed E-state index contributed by atoms with van der Waals surface area (Å²) in [5.74, 6) is -4.32. The van der Waals surface area contributed by atoms with Crippen LogP contribution in [0.4, 0.5) is 5.13 Å². The number of aromatic nitrogens is 1. The van der Waals surface area contributed by atoms with Crippen LogP contribution in [0.2, 0.25) is 0 Å². The molecule has 0 saturated carbocycles. The number of amides is 2. The van der Waals surface area contributed by atoms with Crippen LogP contribution in [0.3, 0.4) is 0 Å². The smallest absolute Gasteiger partial charge is 0.352 e. The van der Waals surface area contributed by atoms with Crippen LogP contribution in [-0.2, 0) is 33.5 Å². The van der Waals surface area contributed by atoms with Crippen molar-refractivity contribution >= 4 is 63.5 Å². The van der Waals surface area contributed by atoms with E-state index in [9.17, 15) is 29.1 Å². The molecular formula is C18H19N5O8S2. The van der Waals surface area contributed by atoms with E-state index >= 15 is 0 Å². The van der Waals surface area contributed by atoms with Crippen molar-refractivity contribution in [3.8, 4) is 0 Å². The Morgan fingerprint density at radius 3 is 2.58 bits per heavy atom. The highest BCUT2D eigenvalue weighted by Crippen LogP contribution is 2.41. The summed E-state index contributed by atoms with van der Waals surface area (Å²) < 4.78 is 5.00. The minimum atomic E-state index is -1.47.